The highest BCUT2D eigenvalue weighted by Crippen LogP contribution is 2.22. The number of esters is 1. The highest BCUT2D eigenvalue weighted by atomic mass is 32.2. The molecule has 0 aliphatic carbocycles. The molecule has 218 valence electrons. The van der Waals surface area contributed by atoms with E-state index in [0.717, 1.165) is 5.56 Å². The minimum absolute atomic E-state index is 0.0271. The standard InChI is InChI=1S/C26H39N3O9S/c1-4-5-11-22(30)38-25(39(34,35)36)21(15-19-12-13-27-23(19)31)28-24(32)20(14-17(2)3)29-26(33)37-16-18-9-7-6-8-10-18/h6-10,17,19-21,25H,4-5,11-16H2,1-3H3,(H,27,31)(H,28,32)(H,29,33)(H,34,35,36)/t19-,20?,21?,25?/m0/s1. The number of benzene rings is 1. The number of alkyl carbamates (subject to hydrolysis) is 1. The predicted molar refractivity (Wildman–Crippen MR) is 142 cm³/mol. The van der Waals surface area contributed by atoms with Crippen molar-refractivity contribution in [1.82, 2.24) is 16.0 Å². The van der Waals surface area contributed by atoms with E-state index in [0.29, 0.717) is 25.8 Å². The quantitative estimate of drug-likeness (QED) is 0.182. The number of carbonyl (C=O) groups is 4. The number of nitrogens with one attached hydrogen (secondary N) is 3. The van der Waals surface area contributed by atoms with E-state index in [9.17, 15) is 32.1 Å². The molecule has 1 aliphatic heterocycles. The molecule has 0 aromatic heterocycles. The monoisotopic (exact) mass is 569 g/mol. The first-order valence-electron chi connectivity index (χ1n) is 13.1. The average molecular weight is 570 g/mol. The van der Waals surface area contributed by atoms with Gasteiger partial charge in [-0.3, -0.25) is 18.9 Å². The molecule has 0 radical (unpaired) electrons. The van der Waals surface area contributed by atoms with Crippen molar-refractivity contribution in [3.05, 3.63) is 35.9 Å². The number of hydrogen-bond donors (Lipinski definition) is 4. The van der Waals surface area contributed by atoms with Crippen molar-refractivity contribution >= 4 is 34.0 Å². The van der Waals surface area contributed by atoms with Crippen molar-refractivity contribution < 1.29 is 41.6 Å². The van der Waals surface area contributed by atoms with Gasteiger partial charge in [0.05, 0.1) is 6.04 Å². The van der Waals surface area contributed by atoms with Gasteiger partial charge < -0.3 is 25.4 Å². The third-order valence-corrected chi connectivity index (χ3v) is 7.17. The van der Waals surface area contributed by atoms with Crippen LogP contribution in [0.3, 0.4) is 0 Å². The molecule has 39 heavy (non-hydrogen) atoms. The van der Waals surface area contributed by atoms with Gasteiger partial charge in [0.2, 0.25) is 17.3 Å². The Hall–Kier alpha value is -3.19. The van der Waals surface area contributed by atoms with Gasteiger partial charge in [-0.2, -0.15) is 8.42 Å². The summed E-state index contributed by atoms with van der Waals surface area (Å²) in [5.74, 6) is -2.72. The molecule has 1 fully saturated rings. The smallest absolute Gasteiger partial charge is 0.408 e. The van der Waals surface area contributed by atoms with Crippen LogP contribution in [0, 0.1) is 11.8 Å². The number of amides is 3. The first-order valence-corrected chi connectivity index (χ1v) is 14.6. The summed E-state index contributed by atoms with van der Waals surface area (Å²) in [7, 11) is -5.00. The number of carbonyl (C=O) groups excluding carboxylic acids is 4. The summed E-state index contributed by atoms with van der Waals surface area (Å²) in [6.07, 6.45) is 0.473. The zero-order chi connectivity index (χ0) is 29.0. The summed E-state index contributed by atoms with van der Waals surface area (Å²) in [5, 5.41) is 7.64. The predicted octanol–water partition coefficient (Wildman–Crippen LogP) is 2.29. The molecule has 1 aromatic rings. The van der Waals surface area contributed by atoms with Crippen LogP contribution in [-0.2, 0) is 40.6 Å². The second-order valence-electron chi connectivity index (χ2n) is 9.99. The first-order chi connectivity index (χ1) is 18.4. The third-order valence-electron chi connectivity index (χ3n) is 6.16. The molecule has 3 unspecified atom stereocenters. The molecule has 2 rings (SSSR count). The Kier molecular flexibility index (Phi) is 12.7. The van der Waals surface area contributed by atoms with E-state index in [1.165, 1.54) is 0 Å². The second-order valence-corrected chi connectivity index (χ2v) is 11.5. The summed E-state index contributed by atoms with van der Waals surface area (Å²) in [6.45, 7) is 5.83. The van der Waals surface area contributed by atoms with Crippen molar-refractivity contribution in [2.75, 3.05) is 6.54 Å². The van der Waals surface area contributed by atoms with Crippen LogP contribution in [0.15, 0.2) is 30.3 Å². The molecule has 12 nitrogen and oxygen atoms in total. The van der Waals surface area contributed by atoms with E-state index >= 15 is 0 Å². The molecule has 4 N–H and O–H groups in total. The van der Waals surface area contributed by atoms with Gasteiger partial charge in [-0.15, -0.1) is 0 Å². The molecule has 0 saturated carbocycles. The molecule has 1 aromatic carbocycles. The largest absolute Gasteiger partial charge is 0.445 e. The fourth-order valence-corrected chi connectivity index (χ4v) is 4.99. The zero-order valence-corrected chi connectivity index (χ0v) is 23.4. The SMILES string of the molecule is CCCCC(=O)OC(C(C[C@@H]1CCNC1=O)NC(=O)C(CC(C)C)NC(=O)OCc1ccccc1)S(=O)(=O)O. The molecule has 1 heterocycles. The van der Waals surface area contributed by atoms with Crippen molar-refractivity contribution in [2.45, 2.75) is 83.4 Å². The van der Waals surface area contributed by atoms with Crippen LogP contribution in [0.2, 0.25) is 0 Å². The Bertz CT molecular complexity index is 1080. The Labute approximate surface area is 229 Å². The van der Waals surface area contributed by atoms with E-state index in [1.807, 2.05) is 26.8 Å². The fraction of sp³-hybridized carbons (Fsp3) is 0.615. The van der Waals surface area contributed by atoms with E-state index in [-0.39, 0.29) is 37.7 Å². The molecule has 1 aliphatic rings. The van der Waals surface area contributed by atoms with Crippen molar-refractivity contribution in [1.29, 1.82) is 0 Å². The number of unbranched alkanes of at least 4 members (excludes halogenated alkanes) is 1. The van der Waals surface area contributed by atoms with Crippen molar-refractivity contribution in [3.63, 3.8) is 0 Å². The lowest BCUT2D eigenvalue weighted by atomic mass is 9.97. The summed E-state index contributed by atoms with van der Waals surface area (Å²) in [6, 6.07) is 6.35. The molecule has 0 spiro atoms. The highest BCUT2D eigenvalue weighted by Gasteiger charge is 2.41. The van der Waals surface area contributed by atoms with Crippen LogP contribution in [0.25, 0.3) is 0 Å². The highest BCUT2D eigenvalue weighted by molar-refractivity contribution is 7.86. The second kappa shape index (κ2) is 15.4. The van der Waals surface area contributed by atoms with Gasteiger partial charge in [-0.1, -0.05) is 57.5 Å². The van der Waals surface area contributed by atoms with Gasteiger partial charge in [0.25, 0.3) is 0 Å². The average Bonchev–Trinajstić information content (AvgIpc) is 3.27. The lowest BCUT2D eigenvalue weighted by molar-refractivity contribution is -0.148. The molecule has 3 amide bonds. The first kappa shape index (κ1) is 32.0. The Morgan fingerprint density at radius 2 is 1.85 bits per heavy atom. The van der Waals surface area contributed by atoms with Gasteiger partial charge in [0.1, 0.15) is 12.6 Å². The summed E-state index contributed by atoms with van der Waals surface area (Å²) < 4.78 is 44.9. The van der Waals surface area contributed by atoms with E-state index < -0.39 is 51.5 Å². The summed E-state index contributed by atoms with van der Waals surface area (Å²) >= 11 is 0. The van der Waals surface area contributed by atoms with Crippen molar-refractivity contribution in [2.24, 2.45) is 11.8 Å². The van der Waals surface area contributed by atoms with E-state index in [1.54, 1.807) is 24.3 Å². The minimum Gasteiger partial charge on any atom is -0.445 e. The molecule has 0 bridgehead atoms. The van der Waals surface area contributed by atoms with Gasteiger partial charge >= 0.3 is 22.2 Å². The van der Waals surface area contributed by atoms with Gasteiger partial charge in [-0.05, 0) is 37.2 Å². The molecular formula is C26H39N3O9S. The lowest BCUT2D eigenvalue weighted by Crippen LogP contribution is -2.55. The zero-order valence-electron chi connectivity index (χ0n) is 22.6. The maximum Gasteiger partial charge on any atom is 0.408 e. The fourth-order valence-electron chi connectivity index (χ4n) is 4.17. The van der Waals surface area contributed by atoms with Crippen LogP contribution in [-0.4, -0.2) is 60.9 Å². The van der Waals surface area contributed by atoms with Gasteiger partial charge in [0.15, 0.2) is 0 Å². The lowest BCUT2D eigenvalue weighted by Gasteiger charge is -2.29. The van der Waals surface area contributed by atoms with Crippen LogP contribution in [0.5, 0.6) is 0 Å². The Morgan fingerprint density at radius 3 is 2.41 bits per heavy atom. The maximum absolute atomic E-state index is 13.3. The maximum atomic E-state index is 13.3. The Morgan fingerprint density at radius 1 is 1.15 bits per heavy atom. The van der Waals surface area contributed by atoms with E-state index in [4.69, 9.17) is 9.47 Å². The molecule has 1 saturated heterocycles. The molecule has 13 heteroatoms. The van der Waals surface area contributed by atoms with E-state index in [2.05, 4.69) is 16.0 Å². The summed E-state index contributed by atoms with van der Waals surface area (Å²) in [5.41, 5.74) is -1.39. The van der Waals surface area contributed by atoms with Gasteiger partial charge in [0, 0.05) is 18.9 Å². The number of hydrogen-bond acceptors (Lipinski definition) is 8. The van der Waals surface area contributed by atoms with Gasteiger partial charge in [-0.25, -0.2) is 4.79 Å². The van der Waals surface area contributed by atoms with Crippen LogP contribution < -0.4 is 16.0 Å². The van der Waals surface area contributed by atoms with Crippen molar-refractivity contribution in [3.8, 4) is 0 Å². The normalized spacial score (nSPS) is 17.6. The van der Waals surface area contributed by atoms with Crippen LogP contribution in [0.1, 0.15) is 64.9 Å². The van der Waals surface area contributed by atoms with Crippen LogP contribution >= 0.6 is 0 Å². The number of ether oxygens (including phenoxy) is 2. The molecular weight excluding hydrogens is 530 g/mol. The molecule has 4 atom stereocenters. The third kappa shape index (κ3) is 11.2. The van der Waals surface area contributed by atoms with Crippen LogP contribution in [0.4, 0.5) is 4.79 Å². The summed E-state index contributed by atoms with van der Waals surface area (Å²) in [4.78, 5) is 50.4. The topological polar surface area (TPSA) is 177 Å². The Balaban J connectivity index is 2.23. The minimum atomic E-state index is -5.00. The number of rotatable bonds is 15.